The third-order valence-corrected chi connectivity index (χ3v) is 6.03. The Bertz CT molecular complexity index is 845. The second-order valence-electron chi connectivity index (χ2n) is 8.37. The van der Waals surface area contributed by atoms with E-state index in [0.29, 0.717) is 5.92 Å². The Hall–Kier alpha value is -2.08. The van der Waals surface area contributed by atoms with Crippen LogP contribution in [0.4, 0.5) is 5.95 Å². The molecule has 0 bridgehead atoms. The number of nitrogens with zero attached hydrogens (tertiary/aromatic N) is 5. The zero-order chi connectivity index (χ0) is 17.7. The van der Waals surface area contributed by atoms with Crippen molar-refractivity contribution in [2.24, 2.45) is 10.9 Å². The molecule has 1 aliphatic carbocycles. The number of imidazole rings is 1. The van der Waals surface area contributed by atoms with Crippen LogP contribution in [0.25, 0.3) is 11.0 Å². The van der Waals surface area contributed by atoms with E-state index in [2.05, 4.69) is 57.8 Å². The van der Waals surface area contributed by atoms with E-state index in [0.717, 1.165) is 50.1 Å². The van der Waals surface area contributed by atoms with Gasteiger partial charge in [-0.1, -0.05) is 26.0 Å². The van der Waals surface area contributed by atoms with Crippen LogP contribution in [-0.2, 0) is 5.66 Å². The first kappa shape index (κ1) is 16.1. The second kappa shape index (κ2) is 5.98. The van der Waals surface area contributed by atoms with Crippen LogP contribution in [0.5, 0.6) is 0 Å². The van der Waals surface area contributed by atoms with Crippen LogP contribution in [-0.4, -0.2) is 40.3 Å². The number of rotatable bonds is 3. The summed E-state index contributed by atoms with van der Waals surface area (Å²) in [6.45, 7) is 7.28. The molecule has 0 radical (unpaired) electrons. The van der Waals surface area contributed by atoms with E-state index in [4.69, 9.17) is 9.98 Å². The molecule has 26 heavy (non-hydrogen) atoms. The van der Waals surface area contributed by atoms with Crippen molar-refractivity contribution in [1.29, 1.82) is 0 Å². The van der Waals surface area contributed by atoms with Crippen molar-refractivity contribution in [3.05, 3.63) is 24.3 Å². The van der Waals surface area contributed by atoms with Crippen LogP contribution in [0, 0.1) is 5.92 Å². The first-order valence-electron chi connectivity index (χ1n) is 9.97. The molecule has 2 aromatic rings. The summed E-state index contributed by atoms with van der Waals surface area (Å²) >= 11 is 0. The fourth-order valence-electron chi connectivity index (χ4n) is 4.60. The predicted octanol–water partition coefficient (Wildman–Crippen LogP) is 3.31. The molecule has 1 fully saturated rings. The van der Waals surface area contributed by atoms with Crippen molar-refractivity contribution in [2.75, 3.05) is 24.8 Å². The van der Waals surface area contributed by atoms with Crippen molar-refractivity contribution < 1.29 is 0 Å². The fraction of sp³-hybridized carbons (Fsp3) is 0.600. The molecule has 1 aromatic carbocycles. The lowest BCUT2D eigenvalue weighted by Crippen LogP contribution is -2.63. The SMILES string of the molecule is CC(C)CCN1CN=C2NC3(CCCC3)n3c(nc4ccccc43)N2C1. The number of fused-ring (bicyclic) bond motifs is 6. The van der Waals surface area contributed by atoms with E-state index in [-0.39, 0.29) is 5.66 Å². The standard InChI is InChI=1S/C20H28N6/c1-15(2)9-12-24-13-21-18-23-20(10-5-6-11-20)26-17-8-4-3-7-16(17)22-19(26)25(18)14-24/h3-4,7-8,15H,5-6,9-14H2,1-2H3,(H,21,23). The number of aromatic nitrogens is 2. The van der Waals surface area contributed by atoms with Crippen LogP contribution in [0.3, 0.4) is 0 Å². The summed E-state index contributed by atoms with van der Waals surface area (Å²) in [5, 5.41) is 3.82. The molecule has 3 heterocycles. The molecule has 5 rings (SSSR count). The Balaban J connectivity index is 1.58. The maximum Gasteiger partial charge on any atom is 0.216 e. The topological polar surface area (TPSA) is 48.7 Å². The monoisotopic (exact) mass is 352 g/mol. The van der Waals surface area contributed by atoms with Gasteiger partial charge in [0.25, 0.3) is 0 Å². The zero-order valence-electron chi connectivity index (χ0n) is 15.8. The summed E-state index contributed by atoms with van der Waals surface area (Å²) in [4.78, 5) is 14.6. The molecule has 1 spiro atoms. The Kier molecular flexibility index (Phi) is 3.71. The van der Waals surface area contributed by atoms with Crippen molar-refractivity contribution in [2.45, 2.75) is 51.6 Å². The number of aliphatic imine (C=N–C) groups is 1. The molecule has 6 nitrogen and oxygen atoms in total. The highest BCUT2D eigenvalue weighted by atomic mass is 15.6. The average molecular weight is 352 g/mol. The van der Waals surface area contributed by atoms with Crippen molar-refractivity contribution in [1.82, 2.24) is 19.8 Å². The van der Waals surface area contributed by atoms with Gasteiger partial charge in [-0.05, 0) is 50.2 Å². The summed E-state index contributed by atoms with van der Waals surface area (Å²) in [7, 11) is 0. The van der Waals surface area contributed by atoms with Crippen LogP contribution < -0.4 is 10.2 Å². The molecule has 1 saturated carbocycles. The minimum Gasteiger partial charge on any atom is -0.333 e. The van der Waals surface area contributed by atoms with Crippen molar-refractivity contribution in [3.63, 3.8) is 0 Å². The van der Waals surface area contributed by atoms with Gasteiger partial charge in [-0.3, -0.25) is 14.4 Å². The van der Waals surface area contributed by atoms with E-state index in [1.54, 1.807) is 0 Å². The van der Waals surface area contributed by atoms with Crippen LogP contribution >= 0.6 is 0 Å². The lowest BCUT2D eigenvalue weighted by atomic mass is 10.1. The zero-order valence-corrected chi connectivity index (χ0v) is 15.8. The molecule has 1 aromatic heterocycles. The van der Waals surface area contributed by atoms with Crippen LogP contribution in [0.15, 0.2) is 29.3 Å². The van der Waals surface area contributed by atoms with Gasteiger partial charge in [-0.2, -0.15) is 0 Å². The minimum absolute atomic E-state index is 0.0547. The Morgan fingerprint density at radius 2 is 2.00 bits per heavy atom. The van der Waals surface area contributed by atoms with Gasteiger partial charge in [0.05, 0.1) is 24.4 Å². The minimum atomic E-state index is -0.0547. The van der Waals surface area contributed by atoms with Crippen molar-refractivity contribution in [3.8, 4) is 0 Å². The van der Waals surface area contributed by atoms with Gasteiger partial charge >= 0.3 is 0 Å². The molecule has 3 aliphatic rings. The number of benzene rings is 1. The predicted molar refractivity (Wildman–Crippen MR) is 105 cm³/mol. The molecule has 0 atom stereocenters. The van der Waals surface area contributed by atoms with Gasteiger partial charge in [-0.15, -0.1) is 0 Å². The normalized spacial score (nSPS) is 21.8. The lowest BCUT2D eigenvalue weighted by Gasteiger charge is -2.46. The molecular formula is C20H28N6. The van der Waals surface area contributed by atoms with E-state index >= 15 is 0 Å². The number of anilines is 1. The first-order chi connectivity index (χ1) is 12.7. The van der Waals surface area contributed by atoms with Gasteiger partial charge in [0.2, 0.25) is 11.9 Å². The van der Waals surface area contributed by atoms with Gasteiger partial charge in [0, 0.05) is 6.54 Å². The molecule has 0 amide bonds. The van der Waals surface area contributed by atoms with Crippen molar-refractivity contribution >= 4 is 22.9 Å². The summed E-state index contributed by atoms with van der Waals surface area (Å²) in [5.74, 6) is 2.78. The molecular weight excluding hydrogens is 324 g/mol. The molecule has 0 saturated heterocycles. The number of guanidine groups is 1. The number of hydrogen-bond donors (Lipinski definition) is 1. The summed E-state index contributed by atoms with van der Waals surface area (Å²) in [5.41, 5.74) is 2.26. The van der Waals surface area contributed by atoms with Gasteiger partial charge in [-0.25, -0.2) is 9.98 Å². The summed E-state index contributed by atoms with van der Waals surface area (Å²) in [6, 6.07) is 8.53. The second-order valence-corrected chi connectivity index (χ2v) is 8.37. The Morgan fingerprint density at radius 3 is 2.81 bits per heavy atom. The maximum atomic E-state index is 5.03. The molecule has 0 unspecified atom stereocenters. The smallest absolute Gasteiger partial charge is 0.216 e. The highest BCUT2D eigenvalue weighted by Gasteiger charge is 2.46. The average Bonchev–Trinajstić information content (AvgIpc) is 3.25. The number of para-hydroxylation sites is 2. The number of nitrogens with one attached hydrogen (secondary N) is 1. The maximum absolute atomic E-state index is 5.03. The molecule has 6 heteroatoms. The molecule has 1 N–H and O–H groups in total. The van der Waals surface area contributed by atoms with Crippen LogP contribution in [0.1, 0.15) is 46.0 Å². The lowest BCUT2D eigenvalue weighted by molar-refractivity contribution is 0.224. The van der Waals surface area contributed by atoms with E-state index in [9.17, 15) is 0 Å². The molecule has 2 aliphatic heterocycles. The third kappa shape index (κ3) is 2.42. The largest absolute Gasteiger partial charge is 0.333 e. The first-order valence-corrected chi connectivity index (χ1v) is 9.97. The number of hydrogen-bond acceptors (Lipinski definition) is 5. The summed E-state index contributed by atoms with van der Waals surface area (Å²) in [6.07, 6.45) is 6.00. The van der Waals surface area contributed by atoms with E-state index in [1.165, 1.54) is 24.8 Å². The van der Waals surface area contributed by atoms with Crippen LogP contribution in [0.2, 0.25) is 0 Å². The van der Waals surface area contributed by atoms with Gasteiger partial charge in [0.1, 0.15) is 5.66 Å². The van der Waals surface area contributed by atoms with Gasteiger partial charge < -0.3 is 5.32 Å². The Morgan fingerprint density at radius 1 is 1.19 bits per heavy atom. The molecule has 138 valence electrons. The quantitative estimate of drug-likeness (QED) is 0.921. The Labute approximate surface area is 154 Å². The highest BCUT2D eigenvalue weighted by molar-refractivity contribution is 5.99. The van der Waals surface area contributed by atoms with E-state index in [1.807, 2.05) is 0 Å². The van der Waals surface area contributed by atoms with E-state index < -0.39 is 0 Å². The summed E-state index contributed by atoms with van der Waals surface area (Å²) < 4.78 is 2.46. The fourth-order valence-corrected chi connectivity index (χ4v) is 4.60. The van der Waals surface area contributed by atoms with Gasteiger partial charge in [0.15, 0.2) is 0 Å². The highest BCUT2D eigenvalue weighted by Crippen LogP contribution is 2.42. The third-order valence-electron chi connectivity index (χ3n) is 6.03.